The number of halogens is 1. The summed E-state index contributed by atoms with van der Waals surface area (Å²) in [6.07, 6.45) is 0. The van der Waals surface area contributed by atoms with Crippen LogP contribution in [0.1, 0.15) is 5.56 Å². The molecule has 0 unspecified atom stereocenters. The molecule has 2 aromatic carbocycles. The zero-order valence-corrected chi connectivity index (χ0v) is 15.5. The van der Waals surface area contributed by atoms with Crippen molar-refractivity contribution >= 4 is 23.5 Å². The summed E-state index contributed by atoms with van der Waals surface area (Å²) in [4.78, 5) is 11.9. The Kier molecular flexibility index (Phi) is 6.22. The Labute approximate surface area is 161 Å². The predicted molar refractivity (Wildman–Crippen MR) is 102 cm³/mol. The average Bonchev–Trinajstić information content (AvgIpc) is 3.14. The number of carbonyl (C=O) groups is 1. The van der Waals surface area contributed by atoms with E-state index in [1.807, 2.05) is 37.3 Å². The van der Waals surface area contributed by atoms with Gasteiger partial charge >= 0.3 is 0 Å². The zero-order chi connectivity index (χ0) is 19.1. The van der Waals surface area contributed by atoms with Gasteiger partial charge in [-0.2, -0.15) is 4.68 Å². The Morgan fingerprint density at radius 1 is 1.19 bits per heavy atom. The molecule has 3 rings (SSSR count). The van der Waals surface area contributed by atoms with Crippen LogP contribution in [0.4, 0.5) is 5.95 Å². The summed E-state index contributed by atoms with van der Waals surface area (Å²) >= 11 is 5.90. The van der Waals surface area contributed by atoms with Crippen LogP contribution in [0.25, 0.3) is 5.69 Å². The van der Waals surface area contributed by atoms with E-state index in [0.717, 1.165) is 11.3 Å². The van der Waals surface area contributed by atoms with E-state index < -0.39 is 0 Å². The Hall–Kier alpha value is -3.13. The molecule has 8 nitrogen and oxygen atoms in total. The summed E-state index contributed by atoms with van der Waals surface area (Å²) in [5, 5.41) is 18.1. The summed E-state index contributed by atoms with van der Waals surface area (Å²) in [5.74, 6) is 0.923. The molecular formula is C18H19ClN6O2. The highest BCUT2D eigenvalue weighted by atomic mass is 35.5. The Morgan fingerprint density at radius 3 is 2.78 bits per heavy atom. The van der Waals surface area contributed by atoms with Crippen LogP contribution in [-0.2, 0) is 4.79 Å². The van der Waals surface area contributed by atoms with Gasteiger partial charge in [-0.25, -0.2) is 0 Å². The molecule has 1 aromatic heterocycles. The molecule has 0 bridgehead atoms. The third kappa shape index (κ3) is 5.18. The van der Waals surface area contributed by atoms with Gasteiger partial charge in [0.05, 0.1) is 5.69 Å². The lowest BCUT2D eigenvalue weighted by Crippen LogP contribution is -2.33. The van der Waals surface area contributed by atoms with Crippen LogP contribution in [0, 0.1) is 6.92 Å². The largest absolute Gasteiger partial charge is 0.484 e. The molecule has 0 saturated carbocycles. The SMILES string of the molecule is Cc1cc(Cl)ccc1OCC(=O)NCCNc1nnnn1-c1ccccc1. The smallest absolute Gasteiger partial charge is 0.258 e. The first-order valence-corrected chi connectivity index (χ1v) is 8.74. The van der Waals surface area contributed by atoms with Crippen molar-refractivity contribution in [2.24, 2.45) is 0 Å². The van der Waals surface area contributed by atoms with Crippen LogP contribution in [0.3, 0.4) is 0 Å². The summed E-state index contributed by atoms with van der Waals surface area (Å²) in [6, 6.07) is 14.8. The highest BCUT2D eigenvalue weighted by Gasteiger charge is 2.08. The molecule has 140 valence electrons. The fourth-order valence-electron chi connectivity index (χ4n) is 2.39. The van der Waals surface area contributed by atoms with Crippen molar-refractivity contribution in [3.8, 4) is 11.4 Å². The number of hydrogen-bond acceptors (Lipinski definition) is 6. The number of rotatable bonds is 8. The molecule has 0 fully saturated rings. The van der Waals surface area contributed by atoms with Gasteiger partial charge in [-0.15, -0.1) is 0 Å². The maximum atomic E-state index is 11.9. The molecule has 27 heavy (non-hydrogen) atoms. The lowest BCUT2D eigenvalue weighted by atomic mass is 10.2. The van der Waals surface area contributed by atoms with Crippen LogP contribution in [-0.4, -0.2) is 45.8 Å². The average molecular weight is 387 g/mol. The second kappa shape index (κ2) is 9.00. The quantitative estimate of drug-likeness (QED) is 0.576. The third-order valence-corrected chi connectivity index (χ3v) is 3.93. The molecule has 0 aliphatic carbocycles. The van der Waals surface area contributed by atoms with E-state index in [9.17, 15) is 4.79 Å². The normalized spacial score (nSPS) is 10.4. The number of aromatic nitrogens is 4. The minimum atomic E-state index is -0.214. The minimum absolute atomic E-state index is 0.0653. The maximum absolute atomic E-state index is 11.9. The van der Waals surface area contributed by atoms with Gasteiger partial charge in [-0.1, -0.05) is 34.9 Å². The number of nitrogens with one attached hydrogen (secondary N) is 2. The van der Waals surface area contributed by atoms with Gasteiger partial charge in [0, 0.05) is 18.1 Å². The van der Waals surface area contributed by atoms with Crippen LogP contribution in [0.15, 0.2) is 48.5 Å². The number of amides is 1. The van der Waals surface area contributed by atoms with Crippen LogP contribution >= 0.6 is 11.6 Å². The number of aryl methyl sites for hydroxylation is 1. The number of anilines is 1. The summed E-state index contributed by atoms with van der Waals surface area (Å²) in [7, 11) is 0. The molecule has 9 heteroatoms. The molecule has 0 aliphatic rings. The monoisotopic (exact) mass is 386 g/mol. The van der Waals surface area contributed by atoms with E-state index >= 15 is 0 Å². The molecular weight excluding hydrogens is 368 g/mol. The molecule has 2 N–H and O–H groups in total. The first kappa shape index (κ1) is 18.7. The van der Waals surface area contributed by atoms with Gasteiger partial charge in [0.1, 0.15) is 5.75 Å². The number of nitrogens with zero attached hydrogens (tertiary/aromatic N) is 4. The number of hydrogen-bond donors (Lipinski definition) is 2. The van der Waals surface area contributed by atoms with E-state index in [4.69, 9.17) is 16.3 Å². The molecule has 0 aliphatic heterocycles. The minimum Gasteiger partial charge on any atom is -0.484 e. The Balaban J connectivity index is 1.42. The van der Waals surface area contributed by atoms with Crippen molar-refractivity contribution in [3.05, 3.63) is 59.1 Å². The zero-order valence-electron chi connectivity index (χ0n) is 14.7. The standard InChI is InChI=1S/C18H19ClN6O2/c1-13-11-14(19)7-8-16(13)27-12-17(26)20-9-10-21-18-22-23-24-25(18)15-5-3-2-4-6-15/h2-8,11H,9-10,12H2,1H3,(H,20,26)(H,21,22,24). The first-order valence-electron chi connectivity index (χ1n) is 8.37. The molecule has 1 amide bonds. The number of tetrazole rings is 1. The van der Waals surface area contributed by atoms with Crippen LogP contribution < -0.4 is 15.4 Å². The van der Waals surface area contributed by atoms with Crippen molar-refractivity contribution < 1.29 is 9.53 Å². The summed E-state index contributed by atoms with van der Waals surface area (Å²) in [6.45, 7) is 2.69. The van der Waals surface area contributed by atoms with Crippen LogP contribution in [0.2, 0.25) is 5.02 Å². The number of para-hydroxylation sites is 1. The fraction of sp³-hybridized carbons (Fsp3) is 0.222. The van der Waals surface area contributed by atoms with E-state index in [1.165, 1.54) is 0 Å². The summed E-state index contributed by atoms with van der Waals surface area (Å²) < 4.78 is 7.10. The van der Waals surface area contributed by atoms with E-state index in [-0.39, 0.29) is 12.5 Å². The lowest BCUT2D eigenvalue weighted by Gasteiger charge is -2.10. The Bertz CT molecular complexity index is 900. The van der Waals surface area contributed by atoms with Gasteiger partial charge in [0.2, 0.25) is 5.95 Å². The van der Waals surface area contributed by atoms with Gasteiger partial charge in [-0.3, -0.25) is 4.79 Å². The topological polar surface area (TPSA) is 94.0 Å². The van der Waals surface area contributed by atoms with E-state index in [2.05, 4.69) is 26.2 Å². The van der Waals surface area contributed by atoms with Crippen molar-refractivity contribution in [3.63, 3.8) is 0 Å². The van der Waals surface area contributed by atoms with E-state index in [0.29, 0.717) is 29.8 Å². The van der Waals surface area contributed by atoms with E-state index in [1.54, 1.807) is 22.9 Å². The number of carbonyl (C=O) groups excluding carboxylic acids is 1. The van der Waals surface area contributed by atoms with Gasteiger partial charge in [0.25, 0.3) is 5.91 Å². The predicted octanol–water partition coefficient (Wildman–Crippen LogP) is 2.23. The third-order valence-electron chi connectivity index (χ3n) is 3.70. The highest BCUT2D eigenvalue weighted by Crippen LogP contribution is 2.21. The number of benzene rings is 2. The second-order valence-corrected chi connectivity index (χ2v) is 6.16. The van der Waals surface area contributed by atoms with Crippen LogP contribution in [0.5, 0.6) is 5.75 Å². The lowest BCUT2D eigenvalue weighted by molar-refractivity contribution is -0.123. The highest BCUT2D eigenvalue weighted by molar-refractivity contribution is 6.30. The Morgan fingerprint density at radius 2 is 2.00 bits per heavy atom. The van der Waals surface area contributed by atoms with Crippen molar-refractivity contribution in [2.45, 2.75) is 6.92 Å². The maximum Gasteiger partial charge on any atom is 0.258 e. The molecule has 3 aromatic rings. The van der Waals surface area contributed by atoms with Gasteiger partial charge in [0.15, 0.2) is 6.61 Å². The second-order valence-electron chi connectivity index (χ2n) is 5.73. The fourth-order valence-corrected chi connectivity index (χ4v) is 2.61. The molecule has 1 heterocycles. The van der Waals surface area contributed by atoms with Crippen molar-refractivity contribution in [1.29, 1.82) is 0 Å². The summed E-state index contributed by atoms with van der Waals surface area (Å²) in [5.41, 5.74) is 1.73. The van der Waals surface area contributed by atoms with Gasteiger partial charge < -0.3 is 15.4 Å². The first-order chi connectivity index (χ1) is 13.1. The molecule has 0 spiro atoms. The molecule has 0 atom stereocenters. The van der Waals surface area contributed by atoms with Gasteiger partial charge in [-0.05, 0) is 53.2 Å². The van der Waals surface area contributed by atoms with Crippen molar-refractivity contribution in [2.75, 3.05) is 25.0 Å². The molecule has 0 radical (unpaired) electrons. The van der Waals surface area contributed by atoms with Crippen molar-refractivity contribution in [1.82, 2.24) is 25.5 Å². The number of ether oxygens (including phenoxy) is 1. The molecule has 0 saturated heterocycles.